The first-order valence-corrected chi connectivity index (χ1v) is 6.98. The number of benzene rings is 1. The predicted molar refractivity (Wildman–Crippen MR) is 76.5 cm³/mol. The maximum absolute atomic E-state index is 11.0. The van der Waals surface area contributed by atoms with Gasteiger partial charge in [0.2, 0.25) is 0 Å². The summed E-state index contributed by atoms with van der Waals surface area (Å²) in [6.45, 7) is 0. The smallest absolute Gasteiger partial charge is 0.311 e. The molecule has 7 heteroatoms. The van der Waals surface area contributed by atoms with Gasteiger partial charge in [0.15, 0.2) is 5.75 Å². The Morgan fingerprint density at radius 1 is 1.38 bits per heavy atom. The maximum Gasteiger partial charge on any atom is 0.311 e. The van der Waals surface area contributed by atoms with Crippen LogP contribution in [0.25, 0.3) is 10.9 Å². The van der Waals surface area contributed by atoms with Crippen molar-refractivity contribution in [1.82, 2.24) is 9.78 Å². The first-order chi connectivity index (χ1) is 10.1. The molecule has 0 radical (unpaired) electrons. The molecule has 1 N–H and O–H groups in total. The van der Waals surface area contributed by atoms with Gasteiger partial charge in [-0.2, -0.15) is 5.10 Å². The SMILES string of the molecule is COc1cc2nn([C@H]3CC[C@H](O)CC3)cc2cc1[N+](=O)[O-]. The van der Waals surface area contributed by atoms with E-state index in [4.69, 9.17) is 4.74 Å². The van der Waals surface area contributed by atoms with Crippen molar-refractivity contribution in [2.75, 3.05) is 7.11 Å². The van der Waals surface area contributed by atoms with Crippen molar-refractivity contribution < 1.29 is 14.8 Å². The van der Waals surface area contributed by atoms with E-state index in [1.54, 1.807) is 6.07 Å². The van der Waals surface area contributed by atoms with Gasteiger partial charge in [-0.1, -0.05) is 0 Å². The Kier molecular flexibility index (Phi) is 3.50. The van der Waals surface area contributed by atoms with Crippen LogP contribution in [0.5, 0.6) is 5.75 Å². The van der Waals surface area contributed by atoms with Crippen LogP contribution >= 0.6 is 0 Å². The largest absolute Gasteiger partial charge is 0.490 e. The Morgan fingerprint density at radius 2 is 2.10 bits per heavy atom. The van der Waals surface area contributed by atoms with Crippen LogP contribution in [0.4, 0.5) is 5.69 Å². The van der Waals surface area contributed by atoms with Crippen LogP contribution in [0.3, 0.4) is 0 Å². The van der Waals surface area contributed by atoms with Crippen molar-refractivity contribution in [2.45, 2.75) is 37.8 Å². The Bertz CT molecular complexity index is 674. The van der Waals surface area contributed by atoms with Crippen LogP contribution in [0, 0.1) is 10.1 Å². The zero-order valence-electron chi connectivity index (χ0n) is 11.7. The average Bonchev–Trinajstić information content (AvgIpc) is 2.89. The summed E-state index contributed by atoms with van der Waals surface area (Å²) in [4.78, 5) is 10.6. The molecule has 1 aliphatic carbocycles. The minimum Gasteiger partial charge on any atom is -0.490 e. The van der Waals surface area contributed by atoms with Gasteiger partial charge in [-0.15, -0.1) is 0 Å². The highest BCUT2D eigenvalue weighted by Crippen LogP contribution is 2.34. The fourth-order valence-corrected chi connectivity index (χ4v) is 2.88. The molecule has 0 saturated heterocycles. The Hall–Kier alpha value is -2.15. The number of nitrogens with zero attached hydrogens (tertiary/aromatic N) is 3. The van der Waals surface area contributed by atoms with Gasteiger partial charge in [-0.05, 0) is 25.7 Å². The number of aliphatic hydroxyl groups excluding tert-OH is 1. The lowest BCUT2D eigenvalue weighted by atomic mass is 9.93. The van der Waals surface area contributed by atoms with Crippen LogP contribution in [0.2, 0.25) is 0 Å². The molecule has 7 nitrogen and oxygen atoms in total. The molecule has 1 heterocycles. The summed E-state index contributed by atoms with van der Waals surface area (Å²) in [7, 11) is 1.41. The summed E-state index contributed by atoms with van der Waals surface area (Å²) < 4.78 is 6.92. The third kappa shape index (κ3) is 2.56. The number of rotatable bonds is 3. The van der Waals surface area contributed by atoms with E-state index in [0.29, 0.717) is 5.52 Å². The van der Waals surface area contributed by atoms with Crippen LogP contribution in [0.1, 0.15) is 31.7 Å². The minimum absolute atomic E-state index is 0.0522. The summed E-state index contributed by atoms with van der Waals surface area (Å²) in [5.74, 6) is 0.219. The average molecular weight is 291 g/mol. The molecule has 0 unspecified atom stereocenters. The fourth-order valence-electron chi connectivity index (χ4n) is 2.88. The maximum atomic E-state index is 11.0. The number of methoxy groups -OCH3 is 1. The zero-order valence-corrected chi connectivity index (χ0v) is 11.7. The van der Waals surface area contributed by atoms with Gasteiger partial charge in [-0.25, -0.2) is 0 Å². The Labute approximate surface area is 121 Å². The molecular formula is C14H17N3O4. The number of aromatic nitrogens is 2. The van der Waals surface area contributed by atoms with Crippen molar-refractivity contribution in [3.8, 4) is 5.75 Å². The molecule has 2 aromatic rings. The number of nitro groups is 1. The first-order valence-electron chi connectivity index (χ1n) is 6.98. The molecule has 0 bridgehead atoms. The second-order valence-corrected chi connectivity index (χ2v) is 5.41. The molecule has 3 rings (SSSR count). The van der Waals surface area contributed by atoms with E-state index in [1.165, 1.54) is 13.2 Å². The van der Waals surface area contributed by atoms with Crippen LogP contribution in [0.15, 0.2) is 18.3 Å². The standard InChI is InChI=1S/C14H17N3O4/c1-21-14-7-12-9(6-13(14)17(19)20)8-16(15-12)10-2-4-11(18)5-3-10/h6-8,10-11,18H,2-5H2,1H3/t10-,11-. The molecule has 0 atom stereocenters. The van der Waals surface area contributed by atoms with Gasteiger partial charge >= 0.3 is 5.69 Å². The summed E-state index contributed by atoms with van der Waals surface area (Å²) >= 11 is 0. The molecule has 1 fully saturated rings. The van der Waals surface area contributed by atoms with Gasteiger partial charge in [0.05, 0.1) is 29.7 Å². The first kappa shape index (κ1) is 13.8. The van der Waals surface area contributed by atoms with E-state index < -0.39 is 4.92 Å². The van der Waals surface area contributed by atoms with E-state index in [1.807, 2.05) is 10.9 Å². The van der Waals surface area contributed by atoms with Crippen molar-refractivity contribution in [2.24, 2.45) is 0 Å². The highest BCUT2D eigenvalue weighted by molar-refractivity contribution is 5.83. The molecule has 112 valence electrons. The van der Waals surface area contributed by atoms with E-state index >= 15 is 0 Å². The molecule has 0 aliphatic heterocycles. The summed E-state index contributed by atoms with van der Waals surface area (Å²) in [5.41, 5.74) is 0.632. The molecule has 1 aromatic carbocycles. The third-order valence-corrected chi connectivity index (χ3v) is 4.06. The summed E-state index contributed by atoms with van der Waals surface area (Å²) in [6, 6.07) is 3.34. The normalized spacial score (nSPS) is 22.4. The van der Waals surface area contributed by atoms with Gasteiger partial charge in [0, 0.05) is 23.7 Å². The van der Waals surface area contributed by atoms with E-state index in [-0.39, 0.29) is 23.6 Å². The molecular weight excluding hydrogens is 274 g/mol. The second-order valence-electron chi connectivity index (χ2n) is 5.41. The summed E-state index contributed by atoms with van der Waals surface area (Å²) in [6.07, 6.45) is 4.90. The van der Waals surface area contributed by atoms with Crippen LogP contribution < -0.4 is 4.74 Å². The van der Waals surface area contributed by atoms with Gasteiger partial charge in [-0.3, -0.25) is 14.8 Å². The number of fused-ring (bicyclic) bond motifs is 1. The monoisotopic (exact) mass is 291 g/mol. The topological polar surface area (TPSA) is 90.4 Å². The highest BCUT2D eigenvalue weighted by atomic mass is 16.6. The quantitative estimate of drug-likeness (QED) is 0.692. The van der Waals surface area contributed by atoms with Crippen molar-refractivity contribution in [3.05, 3.63) is 28.4 Å². The highest BCUT2D eigenvalue weighted by Gasteiger charge is 2.23. The van der Waals surface area contributed by atoms with Crippen molar-refractivity contribution in [3.63, 3.8) is 0 Å². The zero-order chi connectivity index (χ0) is 15.0. The molecule has 0 amide bonds. The molecule has 1 aromatic heterocycles. The number of nitro benzene ring substituents is 1. The number of hydrogen-bond donors (Lipinski definition) is 1. The molecule has 1 saturated carbocycles. The van der Waals surface area contributed by atoms with Crippen LogP contribution in [-0.2, 0) is 0 Å². The Morgan fingerprint density at radius 3 is 2.71 bits per heavy atom. The second kappa shape index (κ2) is 5.33. The van der Waals surface area contributed by atoms with Crippen molar-refractivity contribution >= 4 is 16.6 Å². The van der Waals surface area contributed by atoms with E-state index in [2.05, 4.69) is 5.10 Å². The lowest BCUT2D eigenvalue weighted by molar-refractivity contribution is -0.385. The van der Waals surface area contributed by atoms with Crippen LogP contribution in [-0.4, -0.2) is 33.0 Å². The third-order valence-electron chi connectivity index (χ3n) is 4.06. The lowest BCUT2D eigenvalue weighted by Crippen LogP contribution is -2.21. The molecule has 21 heavy (non-hydrogen) atoms. The van der Waals surface area contributed by atoms with Gasteiger partial charge < -0.3 is 9.84 Å². The minimum atomic E-state index is -0.452. The molecule has 0 spiro atoms. The van der Waals surface area contributed by atoms with E-state index in [0.717, 1.165) is 31.1 Å². The summed E-state index contributed by atoms with van der Waals surface area (Å²) in [5, 5.41) is 25.8. The lowest BCUT2D eigenvalue weighted by Gasteiger charge is -2.25. The van der Waals surface area contributed by atoms with Crippen molar-refractivity contribution in [1.29, 1.82) is 0 Å². The molecule has 1 aliphatic rings. The number of aliphatic hydroxyl groups is 1. The number of ether oxygens (including phenoxy) is 1. The predicted octanol–water partition coefficient (Wildman–Crippen LogP) is 2.43. The fraction of sp³-hybridized carbons (Fsp3) is 0.500. The van der Waals surface area contributed by atoms with Gasteiger partial charge in [0.1, 0.15) is 0 Å². The van der Waals surface area contributed by atoms with E-state index in [9.17, 15) is 15.2 Å². The Balaban J connectivity index is 1.98. The number of hydrogen-bond acceptors (Lipinski definition) is 5. The van der Waals surface area contributed by atoms with Gasteiger partial charge in [0.25, 0.3) is 0 Å².